The van der Waals surface area contributed by atoms with E-state index in [4.69, 9.17) is 22.0 Å². The molecule has 2 atom stereocenters. The summed E-state index contributed by atoms with van der Waals surface area (Å²) < 4.78 is 0. The van der Waals surface area contributed by atoms with Crippen LogP contribution < -0.4 is 0 Å². The molecule has 0 aromatic heterocycles. The van der Waals surface area contributed by atoms with Crippen molar-refractivity contribution in [1.29, 1.82) is 5.26 Å². The Kier molecular flexibility index (Phi) is 4.47. The minimum Gasteiger partial charge on any atom is -0.391 e. The Morgan fingerprint density at radius 1 is 1.78 bits per heavy atom. The third-order valence-electron chi connectivity index (χ3n) is 1.23. The van der Waals surface area contributed by atoms with Crippen molar-refractivity contribution in [3.63, 3.8) is 0 Å². The van der Waals surface area contributed by atoms with Gasteiger partial charge in [-0.05, 0) is 6.42 Å². The lowest BCUT2D eigenvalue weighted by Gasteiger charge is -2.09. The smallest absolute Gasteiger partial charge is 0.0833 e. The average molecular weight is 148 g/mol. The molecule has 0 spiro atoms. The Labute approximate surface area is 60.1 Å². The molecule has 2 unspecified atom stereocenters. The van der Waals surface area contributed by atoms with Gasteiger partial charge in [-0.1, -0.05) is 6.92 Å². The van der Waals surface area contributed by atoms with Crippen molar-refractivity contribution in [2.75, 3.05) is 5.88 Å². The van der Waals surface area contributed by atoms with Crippen molar-refractivity contribution in [1.82, 2.24) is 0 Å². The summed E-state index contributed by atoms with van der Waals surface area (Å²) >= 11 is 5.30. The van der Waals surface area contributed by atoms with E-state index in [1.807, 2.05) is 13.0 Å². The molecule has 0 aliphatic rings. The average Bonchev–Trinajstić information content (AvgIpc) is 1.90. The van der Waals surface area contributed by atoms with E-state index in [0.717, 1.165) is 0 Å². The van der Waals surface area contributed by atoms with Crippen molar-refractivity contribution >= 4 is 11.6 Å². The zero-order valence-corrected chi connectivity index (χ0v) is 6.10. The van der Waals surface area contributed by atoms with E-state index in [1.165, 1.54) is 0 Å². The SMILES string of the molecule is CCC(C#N)C(O)CCl. The molecule has 9 heavy (non-hydrogen) atoms. The van der Waals surface area contributed by atoms with E-state index in [2.05, 4.69) is 0 Å². The predicted molar refractivity (Wildman–Crippen MR) is 36.1 cm³/mol. The van der Waals surface area contributed by atoms with Gasteiger partial charge in [0.2, 0.25) is 0 Å². The van der Waals surface area contributed by atoms with E-state index in [0.29, 0.717) is 6.42 Å². The highest BCUT2D eigenvalue weighted by molar-refractivity contribution is 6.18. The second kappa shape index (κ2) is 4.60. The number of hydrogen-bond donors (Lipinski definition) is 1. The summed E-state index contributed by atoms with van der Waals surface area (Å²) in [5.74, 6) is -0.158. The largest absolute Gasteiger partial charge is 0.391 e. The van der Waals surface area contributed by atoms with Crippen LogP contribution in [0.5, 0.6) is 0 Å². The molecule has 0 rings (SSSR count). The maximum atomic E-state index is 8.96. The first kappa shape index (κ1) is 8.74. The van der Waals surface area contributed by atoms with Gasteiger partial charge < -0.3 is 5.11 Å². The third-order valence-corrected chi connectivity index (χ3v) is 1.54. The number of nitriles is 1. The van der Waals surface area contributed by atoms with Crippen molar-refractivity contribution < 1.29 is 5.11 Å². The first-order valence-electron chi connectivity index (χ1n) is 2.89. The van der Waals surface area contributed by atoms with Crippen LogP contribution in [-0.2, 0) is 0 Å². The normalized spacial score (nSPS) is 16.2. The van der Waals surface area contributed by atoms with E-state index < -0.39 is 6.10 Å². The number of nitrogens with zero attached hydrogens (tertiary/aromatic N) is 1. The van der Waals surface area contributed by atoms with Gasteiger partial charge in [-0.3, -0.25) is 0 Å². The quantitative estimate of drug-likeness (QED) is 0.609. The Morgan fingerprint density at radius 3 is 2.44 bits per heavy atom. The zero-order chi connectivity index (χ0) is 7.28. The number of rotatable bonds is 3. The van der Waals surface area contributed by atoms with Crippen LogP contribution in [-0.4, -0.2) is 17.1 Å². The van der Waals surface area contributed by atoms with Crippen molar-refractivity contribution in [2.24, 2.45) is 5.92 Å². The highest BCUT2D eigenvalue weighted by Crippen LogP contribution is 2.07. The molecule has 0 bridgehead atoms. The van der Waals surface area contributed by atoms with Crippen LogP contribution in [0.15, 0.2) is 0 Å². The molecule has 0 amide bonds. The second-order valence-corrected chi connectivity index (χ2v) is 2.17. The van der Waals surface area contributed by atoms with E-state index in [9.17, 15) is 0 Å². The van der Waals surface area contributed by atoms with Crippen LogP contribution in [0, 0.1) is 17.2 Å². The second-order valence-electron chi connectivity index (χ2n) is 1.87. The molecular weight excluding hydrogens is 138 g/mol. The van der Waals surface area contributed by atoms with Crippen LogP contribution in [0.3, 0.4) is 0 Å². The summed E-state index contributed by atoms with van der Waals surface area (Å²) in [5, 5.41) is 17.3. The van der Waals surface area contributed by atoms with Crippen LogP contribution in [0.2, 0.25) is 0 Å². The van der Waals surface area contributed by atoms with Crippen LogP contribution in [0.25, 0.3) is 0 Å². The monoisotopic (exact) mass is 147 g/mol. The van der Waals surface area contributed by atoms with E-state index in [-0.39, 0.29) is 11.8 Å². The molecule has 3 heteroatoms. The van der Waals surface area contributed by atoms with E-state index in [1.54, 1.807) is 0 Å². The molecular formula is C6H10ClNO. The molecule has 0 fully saturated rings. The summed E-state index contributed by atoms with van der Waals surface area (Å²) in [7, 11) is 0. The van der Waals surface area contributed by atoms with Crippen molar-refractivity contribution in [2.45, 2.75) is 19.4 Å². The van der Waals surface area contributed by atoms with Gasteiger partial charge in [-0.25, -0.2) is 0 Å². The number of alkyl halides is 1. The van der Waals surface area contributed by atoms with Gasteiger partial charge in [0.25, 0.3) is 0 Å². The highest BCUT2D eigenvalue weighted by atomic mass is 35.5. The Hall–Kier alpha value is -0.260. The lowest BCUT2D eigenvalue weighted by molar-refractivity contribution is 0.153. The fraction of sp³-hybridized carbons (Fsp3) is 0.833. The molecule has 0 radical (unpaired) electrons. The number of hydrogen-bond acceptors (Lipinski definition) is 2. The summed E-state index contributed by atoms with van der Waals surface area (Å²) in [6, 6.07) is 1.97. The standard InChI is InChI=1S/C6H10ClNO/c1-2-5(4-8)6(9)3-7/h5-6,9H,2-3H2,1H3. The van der Waals surface area contributed by atoms with Crippen molar-refractivity contribution in [3.05, 3.63) is 0 Å². The van der Waals surface area contributed by atoms with Crippen LogP contribution in [0.4, 0.5) is 0 Å². The van der Waals surface area contributed by atoms with Gasteiger partial charge in [0, 0.05) is 5.88 Å². The molecule has 0 aromatic carbocycles. The first-order valence-corrected chi connectivity index (χ1v) is 3.43. The number of halogens is 1. The number of aliphatic hydroxyl groups is 1. The van der Waals surface area contributed by atoms with Crippen molar-refractivity contribution in [3.8, 4) is 6.07 Å². The molecule has 0 saturated carbocycles. The molecule has 0 aliphatic heterocycles. The Bertz CT molecular complexity index is 110. The minimum atomic E-state index is -0.665. The van der Waals surface area contributed by atoms with Gasteiger partial charge >= 0.3 is 0 Å². The summed E-state index contributed by atoms with van der Waals surface area (Å²) in [4.78, 5) is 0. The summed E-state index contributed by atoms with van der Waals surface area (Å²) in [6.07, 6.45) is -0.00799. The number of aliphatic hydroxyl groups excluding tert-OH is 1. The summed E-state index contributed by atoms with van der Waals surface area (Å²) in [5.41, 5.74) is 0. The molecule has 1 N–H and O–H groups in total. The third kappa shape index (κ3) is 2.69. The predicted octanol–water partition coefficient (Wildman–Crippen LogP) is 1.14. The van der Waals surface area contributed by atoms with E-state index >= 15 is 0 Å². The Morgan fingerprint density at radius 2 is 2.33 bits per heavy atom. The molecule has 0 aliphatic carbocycles. The minimum absolute atomic E-state index is 0.145. The molecule has 0 heterocycles. The molecule has 52 valence electrons. The maximum absolute atomic E-state index is 8.96. The maximum Gasteiger partial charge on any atom is 0.0833 e. The summed E-state index contributed by atoms with van der Waals surface area (Å²) in [6.45, 7) is 1.85. The van der Waals surface area contributed by atoms with Gasteiger partial charge in [0.15, 0.2) is 0 Å². The fourth-order valence-corrected chi connectivity index (χ4v) is 0.772. The topological polar surface area (TPSA) is 44.0 Å². The van der Waals surface area contributed by atoms with Gasteiger partial charge in [0.05, 0.1) is 18.1 Å². The lowest BCUT2D eigenvalue weighted by atomic mass is 10.0. The van der Waals surface area contributed by atoms with Crippen LogP contribution >= 0.6 is 11.6 Å². The van der Waals surface area contributed by atoms with Gasteiger partial charge in [-0.15, -0.1) is 11.6 Å². The van der Waals surface area contributed by atoms with Gasteiger partial charge in [-0.2, -0.15) is 5.26 Å². The molecule has 0 aromatic rings. The zero-order valence-electron chi connectivity index (χ0n) is 5.34. The van der Waals surface area contributed by atoms with Gasteiger partial charge in [0.1, 0.15) is 0 Å². The first-order chi connectivity index (χ1) is 4.26. The molecule has 0 saturated heterocycles. The molecule has 2 nitrogen and oxygen atoms in total. The Balaban J connectivity index is 3.68. The van der Waals surface area contributed by atoms with Crippen LogP contribution in [0.1, 0.15) is 13.3 Å². The highest BCUT2D eigenvalue weighted by Gasteiger charge is 2.14. The lowest BCUT2D eigenvalue weighted by Crippen LogP contribution is -2.19. The fourth-order valence-electron chi connectivity index (χ4n) is 0.557.